The van der Waals surface area contributed by atoms with Gasteiger partial charge < -0.3 is 5.32 Å². The first-order valence-electron chi connectivity index (χ1n) is 7.06. The maximum atomic E-state index is 12.3. The van der Waals surface area contributed by atoms with Gasteiger partial charge in [-0.05, 0) is 30.5 Å². The molecule has 23 heavy (non-hydrogen) atoms. The third kappa shape index (κ3) is 3.27. The fourth-order valence-electron chi connectivity index (χ4n) is 2.36. The fourth-order valence-corrected chi connectivity index (χ4v) is 2.91. The van der Waals surface area contributed by atoms with Gasteiger partial charge >= 0.3 is 0 Å². The molecule has 0 bridgehead atoms. The van der Waals surface area contributed by atoms with Gasteiger partial charge in [-0.3, -0.25) is 14.2 Å². The van der Waals surface area contributed by atoms with Gasteiger partial charge in [0, 0.05) is 4.90 Å². The van der Waals surface area contributed by atoms with Crippen LogP contribution in [0.3, 0.4) is 0 Å². The summed E-state index contributed by atoms with van der Waals surface area (Å²) in [6, 6.07) is 14.8. The molecule has 0 unspecified atom stereocenters. The highest BCUT2D eigenvalue weighted by Gasteiger charge is 2.10. The summed E-state index contributed by atoms with van der Waals surface area (Å²) in [7, 11) is 0. The lowest BCUT2D eigenvalue weighted by Crippen LogP contribution is -2.28. The molecule has 1 amide bonds. The molecule has 0 aliphatic heterocycles. The normalized spacial score (nSPS) is 10.7. The second kappa shape index (κ2) is 6.66. The third-order valence-corrected chi connectivity index (χ3v) is 4.23. The van der Waals surface area contributed by atoms with Crippen LogP contribution in [-0.4, -0.2) is 21.7 Å². The zero-order valence-corrected chi connectivity index (χ0v) is 13.3. The largest absolute Gasteiger partial charge is 0.324 e. The number of benzene rings is 2. The first kappa shape index (κ1) is 15.3. The van der Waals surface area contributed by atoms with Gasteiger partial charge in [-0.25, -0.2) is 4.98 Å². The highest BCUT2D eigenvalue weighted by Crippen LogP contribution is 2.24. The summed E-state index contributed by atoms with van der Waals surface area (Å²) < 4.78 is 1.43. The van der Waals surface area contributed by atoms with E-state index in [0.717, 1.165) is 10.6 Å². The van der Waals surface area contributed by atoms with Crippen LogP contribution >= 0.6 is 11.8 Å². The molecule has 2 aromatic carbocycles. The highest BCUT2D eigenvalue weighted by atomic mass is 32.2. The minimum absolute atomic E-state index is 0.0510. The Morgan fingerprint density at radius 3 is 2.74 bits per heavy atom. The Labute approximate surface area is 137 Å². The molecule has 1 aromatic heterocycles. The number of para-hydroxylation sites is 3. The van der Waals surface area contributed by atoms with Crippen molar-refractivity contribution in [1.82, 2.24) is 9.55 Å². The van der Waals surface area contributed by atoms with Crippen LogP contribution in [0.5, 0.6) is 0 Å². The van der Waals surface area contributed by atoms with E-state index in [1.165, 1.54) is 10.8 Å². The number of nitrogens with zero attached hydrogens (tertiary/aromatic N) is 2. The van der Waals surface area contributed by atoms with E-state index in [9.17, 15) is 9.59 Å². The number of nitrogens with one attached hydrogen (secondary N) is 1. The predicted octanol–water partition coefficient (Wildman–Crippen LogP) is 2.76. The Morgan fingerprint density at radius 1 is 1.17 bits per heavy atom. The Kier molecular flexibility index (Phi) is 4.43. The van der Waals surface area contributed by atoms with Crippen LogP contribution in [-0.2, 0) is 11.3 Å². The monoisotopic (exact) mass is 325 g/mol. The van der Waals surface area contributed by atoms with Crippen molar-refractivity contribution < 1.29 is 4.79 Å². The standard InChI is InChI=1S/C17H15N3O2S/c1-23-15-9-5-3-7-13(15)19-16(21)11-20-14-8-4-2-6-12(14)18-10-17(20)22/h2-10H,11H2,1H3,(H,19,21). The van der Waals surface area contributed by atoms with Crippen LogP contribution in [0.25, 0.3) is 11.0 Å². The van der Waals surface area contributed by atoms with Crippen molar-refractivity contribution in [2.24, 2.45) is 0 Å². The molecule has 0 fully saturated rings. The Morgan fingerprint density at radius 2 is 1.91 bits per heavy atom. The molecule has 3 rings (SSSR count). The summed E-state index contributed by atoms with van der Waals surface area (Å²) in [6.07, 6.45) is 3.19. The zero-order valence-electron chi connectivity index (χ0n) is 12.5. The molecule has 0 saturated carbocycles. The molecular formula is C17H15N3O2S. The van der Waals surface area contributed by atoms with Gasteiger partial charge in [0.2, 0.25) is 5.91 Å². The number of rotatable bonds is 4. The van der Waals surface area contributed by atoms with Gasteiger partial charge in [-0.2, -0.15) is 0 Å². The Balaban J connectivity index is 1.89. The second-order valence-electron chi connectivity index (χ2n) is 4.92. The van der Waals surface area contributed by atoms with Crippen molar-refractivity contribution in [3.8, 4) is 0 Å². The summed E-state index contributed by atoms with van der Waals surface area (Å²) in [4.78, 5) is 29.5. The lowest BCUT2D eigenvalue weighted by Gasteiger charge is -2.11. The average molecular weight is 325 g/mol. The number of carbonyl (C=O) groups excluding carboxylic acids is 1. The summed E-state index contributed by atoms with van der Waals surface area (Å²) in [5.74, 6) is -0.245. The quantitative estimate of drug-likeness (QED) is 0.749. The van der Waals surface area contributed by atoms with Gasteiger partial charge in [0.05, 0.1) is 22.9 Å². The molecule has 0 aliphatic carbocycles. The average Bonchev–Trinajstić information content (AvgIpc) is 2.58. The topological polar surface area (TPSA) is 64.0 Å². The maximum absolute atomic E-state index is 12.3. The van der Waals surface area contributed by atoms with Crippen LogP contribution in [0.15, 0.2) is 64.4 Å². The Hall–Kier alpha value is -2.60. The van der Waals surface area contributed by atoms with E-state index >= 15 is 0 Å². The molecular weight excluding hydrogens is 310 g/mol. The van der Waals surface area contributed by atoms with E-state index in [-0.39, 0.29) is 18.0 Å². The van der Waals surface area contributed by atoms with Crippen LogP contribution < -0.4 is 10.9 Å². The van der Waals surface area contributed by atoms with E-state index in [1.807, 2.05) is 48.7 Å². The van der Waals surface area contributed by atoms with Crippen LogP contribution in [0.4, 0.5) is 5.69 Å². The number of hydrogen-bond donors (Lipinski definition) is 1. The molecule has 0 spiro atoms. The molecule has 0 aliphatic rings. The van der Waals surface area contributed by atoms with E-state index in [0.29, 0.717) is 11.0 Å². The molecule has 1 N–H and O–H groups in total. The highest BCUT2D eigenvalue weighted by molar-refractivity contribution is 7.98. The van der Waals surface area contributed by atoms with Gasteiger partial charge in [0.15, 0.2) is 0 Å². The van der Waals surface area contributed by atoms with Gasteiger partial charge in [0.1, 0.15) is 6.54 Å². The van der Waals surface area contributed by atoms with Gasteiger partial charge in [-0.15, -0.1) is 11.8 Å². The number of hydrogen-bond acceptors (Lipinski definition) is 4. The fraction of sp³-hybridized carbons (Fsp3) is 0.118. The SMILES string of the molecule is CSc1ccccc1NC(=O)Cn1c(=O)cnc2ccccc21. The van der Waals surface area contributed by atoms with Crippen LogP contribution in [0.2, 0.25) is 0 Å². The summed E-state index contributed by atoms with van der Waals surface area (Å²) in [5, 5.41) is 2.86. The minimum Gasteiger partial charge on any atom is -0.324 e. The minimum atomic E-state index is -0.294. The van der Waals surface area contributed by atoms with Crippen molar-refractivity contribution in [2.75, 3.05) is 11.6 Å². The van der Waals surface area contributed by atoms with Gasteiger partial charge in [0.25, 0.3) is 5.56 Å². The molecule has 5 nitrogen and oxygen atoms in total. The van der Waals surface area contributed by atoms with Crippen molar-refractivity contribution in [1.29, 1.82) is 0 Å². The second-order valence-corrected chi connectivity index (χ2v) is 5.77. The maximum Gasteiger partial charge on any atom is 0.269 e. The summed E-state index contributed by atoms with van der Waals surface area (Å²) in [5.41, 5.74) is 1.78. The van der Waals surface area contributed by atoms with E-state index in [4.69, 9.17) is 0 Å². The molecule has 0 atom stereocenters. The molecule has 1 heterocycles. The first-order chi connectivity index (χ1) is 11.2. The predicted molar refractivity (Wildman–Crippen MR) is 92.9 cm³/mol. The van der Waals surface area contributed by atoms with Gasteiger partial charge in [-0.1, -0.05) is 24.3 Å². The molecule has 0 radical (unpaired) electrons. The van der Waals surface area contributed by atoms with E-state index in [1.54, 1.807) is 17.8 Å². The first-order valence-corrected chi connectivity index (χ1v) is 8.29. The zero-order chi connectivity index (χ0) is 16.2. The third-order valence-electron chi connectivity index (χ3n) is 3.44. The number of fused-ring (bicyclic) bond motifs is 1. The summed E-state index contributed by atoms with van der Waals surface area (Å²) in [6.45, 7) is -0.0510. The number of thioether (sulfide) groups is 1. The lowest BCUT2D eigenvalue weighted by molar-refractivity contribution is -0.116. The lowest BCUT2D eigenvalue weighted by atomic mass is 10.3. The number of amides is 1. The van der Waals surface area contributed by atoms with E-state index < -0.39 is 0 Å². The molecule has 0 saturated heterocycles. The van der Waals surface area contributed by atoms with Crippen LogP contribution in [0.1, 0.15) is 0 Å². The molecule has 116 valence electrons. The summed E-state index contributed by atoms with van der Waals surface area (Å²) >= 11 is 1.56. The molecule has 6 heteroatoms. The van der Waals surface area contributed by atoms with Crippen molar-refractivity contribution in [3.63, 3.8) is 0 Å². The van der Waals surface area contributed by atoms with Crippen LogP contribution in [0, 0.1) is 0 Å². The van der Waals surface area contributed by atoms with Crippen molar-refractivity contribution in [3.05, 3.63) is 65.1 Å². The number of anilines is 1. The number of carbonyl (C=O) groups is 1. The van der Waals surface area contributed by atoms with Crippen molar-refractivity contribution in [2.45, 2.75) is 11.4 Å². The molecule has 3 aromatic rings. The van der Waals surface area contributed by atoms with Crippen molar-refractivity contribution >= 4 is 34.4 Å². The smallest absolute Gasteiger partial charge is 0.269 e. The van der Waals surface area contributed by atoms with E-state index in [2.05, 4.69) is 10.3 Å². The number of aromatic nitrogens is 2. The Bertz CT molecular complexity index is 921.